The number of anilines is 1. The molecule has 1 aromatic heterocycles. The van der Waals surface area contributed by atoms with Crippen LogP contribution in [0.2, 0.25) is 0 Å². The molecule has 0 amide bonds. The topological polar surface area (TPSA) is 29.0 Å². The van der Waals surface area contributed by atoms with Gasteiger partial charge in [0.05, 0.1) is 0 Å². The predicted octanol–water partition coefficient (Wildman–Crippen LogP) is 3.63. The van der Waals surface area contributed by atoms with Gasteiger partial charge in [-0.2, -0.15) is 0 Å². The molecule has 1 atom stereocenters. The summed E-state index contributed by atoms with van der Waals surface area (Å²) in [5, 5.41) is 0. The van der Waals surface area contributed by atoms with Crippen LogP contribution in [-0.4, -0.2) is 23.1 Å². The molecule has 21 heavy (non-hydrogen) atoms. The van der Waals surface area contributed by atoms with Gasteiger partial charge in [0.1, 0.15) is 11.6 Å². The van der Waals surface area contributed by atoms with Crippen molar-refractivity contribution in [2.45, 2.75) is 32.6 Å². The molecule has 0 bridgehead atoms. The molecule has 1 unspecified atom stereocenters. The summed E-state index contributed by atoms with van der Waals surface area (Å²) < 4.78 is 0. The zero-order valence-corrected chi connectivity index (χ0v) is 12.7. The first kappa shape index (κ1) is 14.1. The summed E-state index contributed by atoms with van der Waals surface area (Å²) in [6.07, 6.45) is 6.92. The van der Waals surface area contributed by atoms with Crippen molar-refractivity contribution in [2.75, 3.05) is 18.0 Å². The minimum absolute atomic E-state index is 0.772. The first-order valence-electron chi connectivity index (χ1n) is 7.90. The second kappa shape index (κ2) is 6.70. The molecule has 2 heterocycles. The van der Waals surface area contributed by atoms with E-state index in [0.29, 0.717) is 0 Å². The van der Waals surface area contributed by atoms with E-state index in [4.69, 9.17) is 0 Å². The lowest BCUT2D eigenvalue weighted by atomic mass is 9.91. The lowest BCUT2D eigenvalue weighted by Gasteiger charge is -2.33. The van der Waals surface area contributed by atoms with E-state index < -0.39 is 0 Å². The average molecular weight is 281 g/mol. The Kier molecular flexibility index (Phi) is 4.49. The fourth-order valence-electron chi connectivity index (χ4n) is 3.14. The first-order valence-corrected chi connectivity index (χ1v) is 7.90. The summed E-state index contributed by atoms with van der Waals surface area (Å²) in [7, 11) is 0. The van der Waals surface area contributed by atoms with Crippen LogP contribution in [0.5, 0.6) is 0 Å². The number of aromatic nitrogens is 2. The third-order valence-electron chi connectivity index (χ3n) is 4.29. The molecule has 3 rings (SSSR count). The van der Waals surface area contributed by atoms with Crippen molar-refractivity contribution in [3.8, 4) is 0 Å². The van der Waals surface area contributed by atoms with Crippen molar-refractivity contribution < 1.29 is 0 Å². The Bertz CT molecular complexity index is 568. The Labute approximate surface area is 127 Å². The summed E-state index contributed by atoms with van der Waals surface area (Å²) in [5.74, 6) is 2.72. The van der Waals surface area contributed by atoms with Crippen molar-refractivity contribution in [2.24, 2.45) is 5.92 Å². The predicted molar refractivity (Wildman–Crippen MR) is 86.5 cm³/mol. The van der Waals surface area contributed by atoms with E-state index in [2.05, 4.69) is 45.2 Å². The van der Waals surface area contributed by atoms with Gasteiger partial charge in [0.15, 0.2) is 0 Å². The lowest BCUT2D eigenvalue weighted by molar-refractivity contribution is 0.390. The average Bonchev–Trinajstić information content (AvgIpc) is 2.54. The van der Waals surface area contributed by atoms with Gasteiger partial charge in [-0.05, 0) is 50.2 Å². The highest BCUT2D eigenvalue weighted by Gasteiger charge is 2.20. The van der Waals surface area contributed by atoms with Crippen LogP contribution in [0.1, 0.15) is 30.7 Å². The third-order valence-corrected chi connectivity index (χ3v) is 4.29. The summed E-state index contributed by atoms with van der Waals surface area (Å²) in [6, 6.07) is 12.8. The van der Waals surface area contributed by atoms with Crippen LogP contribution >= 0.6 is 0 Å². The maximum Gasteiger partial charge on any atom is 0.132 e. The van der Waals surface area contributed by atoms with Gasteiger partial charge in [0.2, 0.25) is 0 Å². The fourth-order valence-corrected chi connectivity index (χ4v) is 3.14. The number of piperidine rings is 1. The Morgan fingerprint density at radius 2 is 2.05 bits per heavy atom. The fraction of sp³-hybridized carbons (Fsp3) is 0.444. The molecule has 1 fully saturated rings. The van der Waals surface area contributed by atoms with Gasteiger partial charge in [-0.15, -0.1) is 0 Å². The van der Waals surface area contributed by atoms with Gasteiger partial charge in [-0.1, -0.05) is 30.3 Å². The van der Waals surface area contributed by atoms with Gasteiger partial charge < -0.3 is 4.90 Å². The number of hydrogen-bond acceptors (Lipinski definition) is 3. The van der Waals surface area contributed by atoms with Crippen molar-refractivity contribution in [3.63, 3.8) is 0 Å². The van der Waals surface area contributed by atoms with E-state index in [-0.39, 0.29) is 0 Å². The highest BCUT2D eigenvalue weighted by molar-refractivity contribution is 5.37. The highest BCUT2D eigenvalue weighted by atomic mass is 15.2. The van der Waals surface area contributed by atoms with E-state index in [1.165, 1.54) is 31.2 Å². The molecule has 3 heteroatoms. The van der Waals surface area contributed by atoms with E-state index in [0.717, 1.165) is 30.6 Å². The van der Waals surface area contributed by atoms with Crippen LogP contribution in [0.25, 0.3) is 0 Å². The van der Waals surface area contributed by atoms with Crippen molar-refractivity contribution in [3.05, 3.63) is 54.0 Å². The van der Waals surface area contributed by atoms with Crippen molar-refractivity contribution in [1.29, 1.82) is 0 Å². The SMILES string of the molecule is Cc1nccc(N2CCCC(CCc3ccccc3)C2)n1. The molecule has 0 spiro atoms. The molecule has 0 aliphatic carbocycles. The lowest BCUT2D eigenvalue weighted by Crippen LogP contribution is -2.36. The largest absolute Gasteiger partial charge is 0.356 e. The molecule has 2 aromatic rings. The van der Waals surface area contributed by atoms with E-state index in [9.17, 15) is 0 Å². The summed E-state index contributed by atoms with van der Waals surface area (Å²) >= 11 is 0. The zero-order valence-electron chi connectivity index (χ0n) is 12.7. The van der Waals surface area contributed by atoms with Crippen molar-refractivity contribution in [1.82, 2.24) is 9.97 Å². The second-order valence-corrected chi connectivity index (χ2v) is 5.94. The van der Waals surface area contributed by atoms with Gasteiger partial charge in [0.25, 0.3) is 0 Å². The quantitative estimate of drug-likeness (QED) is 0.857. The van der Waals surface area contributed by atoms with Gasteiger partial charge in [-0.25, -0.2) is 9.97 Å². The van der Waals surface area contributed by atoms with Crippen molar-refractivity contribution >= 4 is 5.82 Å². The molecule has 0 radical (unpaired) electrons. The second-order valence-electron chi connectivity index (χ2n) is 5.94. The van der Waals surface area contributed by atoms with Crippen LogP contribution < -0.4 is 4.90 Å². The summed E-state index contributed by atoms with van der Waals surface area (Å²) in [6.45, 7) is 4.21. The zero-order chi connectivity index (χ0) is 14.5. The molecule has 1 aromatic carbocycles. The third kappa shape index (κ3) is 3.81. The minimum Gasteiger partial charge on any atom is -0.356 e. The molecular formula is C18H23N3. The maximum absolute atomic E-state index is 4.56. The van der Waals surface area contributed by atoms with E-state index in [1.54, 1.807) is 0 Å². The highest BCUT2D eigenvalue weighted by Crippen LogP contribution is 2.24. The number of rotatable bonds is 4. The summed E-state index contributed by atoms with van der Waals surface area (Å²) in [5.41, 5.74) is 1.45. The maximum atomic E-state index is 4.56. The molecule has 0 N–H and O–H groups in total. The van der Waals surface area contributed by atoms with Gasteiger partial charge in [-0.3, -0.25) is 0 Å². The van der Waals surface area contributed by atoms with Crippen LogP contribution in [0, 0.1) is 12.8 Å². The number of aryl methyl sites for hydroxylation is 2. The summed E-state index contributed by atoms with van der Waals surface area (Å²) in [4.78, 5) is 11.2. The molecule has 0 saturated carbocycles. The Hall–Kier alpha value is -1.90. The van der Waals surface area contributed by atoms with Crippen LogP contribution in [0.4, 0.5) is 5.82 Å². The van der Waals surface area contributed by atoms with E-state index in [1.807, 2.05) is 19.2 Å². The van der Waals surface area contributed by atoms with E-state index >= 15 is 0 Å². The van der Waals surface area contributed by atoms with Gasteiger partial charge >= 0.3 is 0 Å². The Morgan fingerprint density at radius 1 is 1.19 bits per heavy atom. The molecule has 3 nitrogen and oxygen atoms in total. The molecule has 1 aliphatic rings. The molecule has 110 valence electrons. The minimum atomic E-state index is 0.772. The smallest absolute Gasteiger partial charge is 0.132 e. The first-order chi connectivity index (χ1) is 10.3. The standard InChI is InChI=1S/C18H23N3/c1-15-19-12-11-18(20-15)21-13-5-8-17(14-21)10-9-16-6-3-2-4-7-16/h2-4,6-7,11-12,17H,5,8-10,13-14H2,1H3. The number of nitrogens with zero attached hydrogens (tertiary/aromatic N) is 3. The normalized spacial score (nSPS) is 18.7. The molecular weight excluding hydrogens is 258 g/mol. The Balaban J connectivity index is 1.58. The monoisotopic (exact) mass is 281 g/mol. The molecule has 1 aliphatic heterocycles. The van der Waals surface area contributed by atoms with Crippen LogP contribution in [-0.2, 0) is 6.42 Å². The number of hydrogen-bond donors (Lipinski definition) is 0. The van der Waals surface area contributed by atoms with Crippen LogP contribution in [0.15, 0.2) is 42.6 Å². The van der Waals surface area contributed by atoms with Gasteiger partial charge in [0, 0.05) is 19.3 Å². The Morgan fingerprint density at radius 3 is 2.86 bits per heavy atom. The molecule has 1 saturated heterocycles. The van der Waals surface area contributed by atoms with Crippen LogP contribution in [0.3, 0.4) is 0 Å². The number of benzene rings is 1.